The quantitative estimate of drug-likeness (QED) is 0.816. The first-order chi connectivity index (χ1) is 8.21. The number of rotatable bonds is 3. The molecule has 0 unspecified atom stereocenters. The van der Waals surface area contributed by atoms with Crippen molar-refractivity contribution in [1.82, 2.24) is 10.2 Å². The lowest BCUT2D eigenvalue weighted by molar-refractivity contribution is -0.135. The summed E-state index contributed by atoms with van der Waals surface area (Å²) in [7, 11) is 0. The van der Waals surface area contributed by atoms with E-state index in [2.05, 4.69) is 24.1 Å². The minimum Gasteiger partial charge on any atom is -0.342 e. The average Bonchev–Trinajstić information content (AvgIpc) is 2.84. The van der Waals surface area contributed by atoms with E-state index in [4.69, 9.17) is 0 Å². The van der Waals surface area contributed by atoms with Crippen LogP contribution in [-0.2, 0) is 4.79 Å². The average molecular weight is 238 g/mol. The van der Waals surface area contributed by atoms with Crippen LogP contribution in [0.3, 0.4) is 0 Å². The highest BCUT2D eigenvalue weighted by Gasteiger charge is 2.38. The molecule has 2 rings (SSSR count). The van der Waals surface area contributed by atoms with Crippen molar-refractivity contribution in [3.8, 4) is 0 Å². The normalized spacial score (nSPS) is 28.4. The van der Waals surface area contributed by atoms with Crippen molar-refractivity contribution >= 4 is 5.91 Å². The molecule has 1 N–H and O–H groups in total. The Kier molecular flexibility index (Phi) is 4.08. The lowest BCUT2D eigenvalue weighted by atomic mass is 9.82. The van der Waals surface area contributed by atoms with Crippen molar-refractivity contribution in [2.75, 3.05) is 26.2 Å². The Bertz CT molecular complexity index is 267. The standard InChI is InChI=1S/C14H26N2O/c1-3-14(4-2)7-9-16(11-14)13(17)12-6-5-8-15-10-12/h12,15H,3-11H2,1-2H3/t12-/m1/s1. The van der Waals surface area contributed by atoms with Crippen LogP contribution in [0.2, 0.25) is 0 Å². The first-order valence-corrected chi connectivity index (χ1v) is 7.20. The minimum absolute atomic E-state index is 0.244. The number of carbonyl (C=O) groups is 1. The van der Waals surface area contributed by atoms with E-state index in [-0.39, 0.29) is 5.92 Å². The van der Waals surface area contributed by atoms with Crippen LogP contribution in [0.15, 0.2) is 0 Å². The van der Waals surface area contributed by atoms with E-state index in [1.807, 2.05) is 0 Å². The highest BCUT2D eigenvalue weighted by molar-refractivity contribution is 5.79. The van der Waals surface area contributed by atoms with Gasteiger partial charge in [0.05, 0.1) is 5.92 Å². The van der Waals surface area contributed by atoms with E-state index < -0.39 is 0 Å². The molecule has 3 nitrogen and oxygen atoms in total. The van der Waals surface area contributed by atoms with Crippen molar-refractivity contribution in [2.45, 2.75) is 46.0 Å². The van der Waals surface area contributed by atoms with Crippen LogP contribution in [0, 0.1) is 11.3 Å². The molecular formula is C14H26N2O. The maximum absolute atomic E-state index is 12.4. The van der Waals surface area contributed by atoms with Crippen LogP contribution in [0.5, 0.6) is 0 Å². The van der Waals surface area contributed by atoms with Crippen LogP contribution in [0.4, 0.5) is 0 Å². The second-order valence-corrected chi connectivity index (χ2v) is 5.76. The van der Waals surface area contributed by atoms with Crippen LogP contribution in [0.1, 0.15) is 46.0 Å². The molecule has 0 aliphatic carbocycles. The summed E-state index contributed by atoms with van der Waals surface area (Å²) in [6, 6.07) is 0. The van der Waals surface area contributed by atoms with Crippen molar-refractivity contribution in [2.24, 2.45) is 11.3 Å². The topological polar surface area (TPSA) is 32.3 Å². The van der Waals surface area contributed by atoms with Gasteiger partial charge in [-0.25, -0.2) is 0 Å². The van der Waals surface area contributed by atoms with Gasteiger partial charge in [0.15, 0.2) is 0 Å². The molecule has 1 amide bonds. The van der Waals surface area contributed by atoms with Crippen LogP contribution in [0.25, 0.3) is 0 Å². The lowest BCUT2D eigenvalue weighted by Gasteiger charge is -2.29. The van der Waals surface area contributed by atoms with Gasteiger partial charge in [-0.3, -0.25) is 4.79 Å². The van der Waals surface area contributed by atoms with Gasteiger partial charge in [-0.15, -0.1) is 0 Å². The van der Waals surface area contributed by atoms with Crippen LogP contribution < -0.4 is 5.32 Å². The summed E-state index contributed by atoms with van der Waals surface area (Å²) in [6.45, 7) is 8.48. The number of carbonyl (C=O) groups excluding carboxylic acids is 1. The Labute approximate surface area is 105 Å². The maximum Gasteiger partial charge on any atom is 0.226 e. The van der Waals surface area contributed by atoms with Gasteiger partial charge in [-0.1, -0.05) is 13.8 Å². The van der Waals surface area contributed by atoms with Gasteiger partial charge < -0.3 is 10.2 Å². The molecule has 2 fully saturated rings. The Hall–Kier alpha value is -0.570. The molecule has 17 heavy (non-hydrogen) atoms. The molecule has 0 spiro atoms. The molecule has 0 saturated carbocycles. The Morgan fingerprint density at radius 3 is 2.71 bits per heavy atom. The molecule has 2 aliphatic heterocycles. The van der Waals surface area contributed by atoms with Crippen LogP contribution >= 0.6 is 0 Å². The molecule has 2 aliphatic rings. The summed E-state index contributed by atoms with van der Waals surface area (Å²) in [5.74, 6) is 0.647. The van der Waals surface area contributed by atoms with Gasteiger partial charge >= 0.3 is 0 Å². The van der Waals surface area contributed by atoms with Gasteiger partial charge in [0.25, 0.3) is 0 Å². The molecule has 98 valence electrons. The highest BCUT2D eigenvalue weighted by atomic mass is 16.2. The second-order valence-electron chi connectivity index (χ2n) is 5.76. The first kappa shape index (κ1) is 12.9. The molecular weight excluding hydrogens is 212 g/mol. The fourth-order valence-corrected chi connectivity index (χ4v) is 3.27. The lowest BCUT2D eigenvalue weighted by Crippen LogP contribution is -2.42. The molecule has 2 heterocycles. The monoisotopic (exact) mass is 238 g/mol. The SMILES string of the molecule is CCC1(CC)CCN(C(=O)[C@@H]2CCCNC2)C1. The molecule has 1 atom stereocenters. The van der Waals surface area contributed by atoms with Gasteiger partial charge in [0.2, 0.25) is 5.91 Å². The Balaban J connectivity index is 1.93. The van der Waals surface area contributed by atoms with Crippen molar-refractivity contribution in [3.05, 3.63) is 0 Å². The largest absolute Gasteiger partial charge is 0.342 e. The Morgan fingerprint density at radius 2 is 2.18 bits per heavy atom. The zero-order chi connectivity index (χ0) is 12.3. The highest BCUT2D eigenvalue weighted by Crippen LogP contribution is 2.37. The number of nitrogens with one attached hydrogen (secondary N) is 1. The van der Waals surface area contributed by atoms with Gasteiger partial charge in [-0.05, 0) is 44.1 Å². The van der Waals surface area contributed by atoms with E-state index in [1.54, 1.807) is 0 Å². The minimum atomic E-state index is 0.244. The predicted octanol–water partition coefficient (Wildman–Crippen LogP) is 2.02. The number of nitrogens with zero attached hydrogens (tertiary/aromatic N) is 1. The number of piperidine rings is 1. The van der Waals surface area contributed by atoms with Crippen molar-refractivity contribution in [1.29, 1.82) is 0 Å². The molecule has 0 aromatic rings. The molecule has 3 heteroatoms. The summed E-state index contributed by atoms with van der Waals surface area (Å²) in [6.07, 6.45) is 5.84. The summed E-state index contributed by atoms with van der Waals surface area (Å²) >= 11 is 0. The zero-order valence-corrected chi connectivity index (χ0v) is 11.3. The van der Waals surface area contributed by atoms with Crippen molar-refractivity contribution in [3.63, 3.8) is 0 Å². The van der Waals surface area contributed by atoms with Gasteiger partial charge in [-0.2, -0.15) is 0 Å². The number of hydrogen-bond donors (Lipinski definition) is 1. The number of hydrogen-bond acceptors (Lipinski definition) is 2. The molecule has 0 aromatic carbocycles. The predicted molar refractivity (Wildman–Crippen MR) is 69.8 cm³/mol. The third kappa shape index (κ3) is 2.65. The number of likely N-dealkylation sites (tertiary alicyclic amines) is 1. The molecule has 0 aromatic heterocycles. The fourth-order valence-electron chi connectivity index (χ4n) is 3.27. The summed E-state index contributed by atoms with van der Waals surface area (Å²) < 4.78 is 0. The third-order valence-corrected chi connectivity index (χ3v) is 4.90. The Morgan fingerprint density at radius 1 is 1.41 bits per heavy atom. The van der Waals surface area contributed by atoms with Gasteiger partial charge in [0.1, 0.15) is 0 Å². The fraction of sp³-hybridized carbons (Fsp3) is 0.929. The molecule has 0 radical (unpaired) electrons. The van der Waals surface area contributed by atoms with E-state index in [0.29, 0.717) is 11.3 Å². The summed E-state index contributed by atoms with van der Waals surface area (Å²) in [5.41, 5.74) is 0.414. The summed E-state index contributed by atoms with van der Waals surface area (Å²) in [4.78, 5) is 14.5. The maximum atomic E-state index is 12.4. The van der Waals surface area contributed by atoms with E-state index >= 15 is 0 Å². The number of amides is 1. The zero-order valence-electron chi connectivity index (χ0n) is 11.3. The third-order valence-electron chi connectivity index (χ3n) is 4.90. The first-order valence-electron chi connectivity index (χ1n) is 7.20. The molecule has 2 saturated heterocycles. The van der Waals surface area contributed by atoms with E-state index in [1.165, 1.54) is 19.3 Å². The summed E-state index contributed by atoms with van der Waals surface area (Å²) in [5, 5.41) is 3.34. The molecule has 0 bridgehead atoms. The van der Waals surface area contributed by atoms with E-state index in [9.17, 15) is 4.79 Å². The van der Waals surface area contributed by atoms with E-state index in [0.717, 1.165) is 39.0 Å². The second kappa shape index (κ2) is 5.38. The van der Waals surface area contributed by atoms with Gasteiger partial charge in [0, 0.05) is 19.6 Å². The van der Waals surface area contributed by atoms with Crippen molar-refractivity contribution < 1.29 is 4.79 Å². The van der Waals surface area contributed by atoms with Crippen LogP contribution in [-0.4, -0.2) is 37.0 Å². The smallest absolute Gasteiger partial charge is 0.226 e.